The number of hydrogen-bond acceptors (Lipinski definition) is 4. The zero-order chi connectivity index (χ0) is 16.6. The molecular weight excluding hydrogens is 312 g/mol. The first-order chi connectivity index (χ1) is 10.9. The Kier molecular flexibility index (Phi) is 4.29. The van der Waals surface area contributed by atoms with E-state index in [1.165, 1.54) is 0 Å². The van der Waals surface area contributed by atoms with E-state index < -0.39 is 10.0 Å². The van der Waals surface area contributed by atoms with Gasteiger partial charge in [0.1, 0.15) is 5.76 Å². The van der Waals surface area contributed by atoms with Crippen LogP contribution in [0.15, 0.2) is 33.7 Å². The van der Waals surface area contributed by atoms with E-state index in [9.17, 15) is 8.42 Å². The van der Waals surface area contributed by atoms with Crippen LogP contribution in [0.5, 0.6) is 0 Å². The molecule has 0 spiro atoms. The van der Waals surface area contributed by atoms with Gasteiger partial charge in [-0.1, -0.05) is 24.2 Å². The summed E-state index contributed by atoms with van der Waals surface area (Å²) in [6.07, 6.45) is 2.54. The Morgan fingerprint density at radius 1 is 1.26 bits per heavy atom. The van der Waals surface area contributed by atoms with Crippen molar-refractivity contribution in [2.75, 3.05) is 6.54 Å². The van der Waals surface area contributed by atoms with Crippen molar-refractivity contribution in [3.05, 3.63) is 46.8 Å². The molecule has 0 bridgehead atoms. The lowest BCUT2D eigenvalue weighted by atomic mass is 10.0. The normalized spacial score (nSPS) is 19.3. The average Bonchev–Trinajstić information content (AvgIpc) is 3.14. The van der Waals surface area contributed by atoms with E-state index in [1.807, 2.05) is 26.0 Å². The van der Waals surface area contributed by atoms with E-state index in [0.29, 0.717) is 17.2 Å². The molecule has 0 aliphatic carbocycles. The molecule has 1 saturated heterocycles. The summed E-state index contributed by atoms with van der Waals surface area (Å²) in [4.78, 5) is 0.355. The lowest BCUT2D eigenvalue weighted by molar-refractivity contribution is 0.376. The van der Waals surface area contributed by atoms with Crippen LogP contribution in [-0.4, -0.2) is 24.4 Å². The second-order valence-corrected chi connectivity index (χ2v) is 7.90. The molecule has 0 saturated carbocycles. The Balaban J connectivity index is 1.98. The Labute approximate surface area is 137 Å². The van der Waals surface area contributed by atoms with Gasteiger partial charge in [-0.15, -0.1) is 0 Å². The van der Waals surface area contributed by atoms with E-state index in [2.05, 4.69) is 12.1 Å². The predicted molar refractivity (Wildman–Crippen MR) is 87.7 cm³/mol. The predicted octanol–water partition coefficient (Wildman–Crippen LogP) is 3.38. The Hall–Kier alpha value is -1.66. The monoisotopic (exact) mass is 334 g/mol. The number of aryl methyl sites for hydroxylation is 3. The first kappa shape index (κ1) is 16.2. The lowest BCUT2D eigenvalue weighted by Gasteiger charge is -2.24. The fraction of sp³-hybridized carbons (Fsp3) is 0.471. The number of hydrogen-bond donors (Lipinski definition) is 0. The SMILES string of the molecule is CCc1ccc(S(=O)(=O)N2CCCC2c2c(C)noc2C)cc1. The van der Waals surface area contributed by atoms with Gasteiger partial charge in [0.25, 0.3) is 0 Å². The average molecular weight is 334 g/mol. The van der Waals surface area contributed by atoms with Crippen molar-refractivity contribution in [2.24, 2.45) is 0 Å². The Bertz CT molecular complexity index is 774. The minimum atomic E-state index is -3.51. The third-order valence-electron chi connectivity index (χ3n) is 4.56. The van der Waals surface area contributed by atoms with Gasteiger partial charge in [-0.2, -0.15) is 4.31 Å². The number of aromatic nitrogens is 1. The topological polar surface area (TPSA) is 63.4 Å². The summed E-state index contributed by atoms with van der Waals surface area (Å²) < 4.78 is 32.9. The van der Waals surface area contributed by atoms with Crippen LogP contribution >= 0.6 is 0 Å². The van der Waals surface area contributed by atoms with Crippen LogP contribution in [-0.2, 0) is 16.4 Å². The molecule has 0 radical (unpaired) electrons. The number of benzene rings is 1. The summed E-state index contributed by atoms with van der Waals surface area (Å²) in [6, 6.07) is 6.99. The molecule has 0 N–H and O–H groups in total. The molecule has 124 valence electrons. The zero-order valence-corrected chi connectivity index (χ0v) is 14.6. The molecule has 1 aromatic carbocycles. The Morgan fingerprint density at radius 2 is 1.96 bits per heavy atom. The van der Waals surface area contributed by atoms with Crippen LogP contribution in [0, 0.1) is 13.8 Å². The van der Waals surface area contributed by atoms with E-state index in [1.54, 1.807) is 16.4 Å². The summed E-state index contributed by atoms with van der Waals surface area (Å²) in [5, 5.41) is 3.98. The van der Waals surface area contributed by atoms with Gasteiger partial charge < -0.3 is 4.52 Å². The summed E-state index contributed by atoms with van der Waals surface area (Å²) in [7, 11) is -3.51. The number of nitrogens with zero attached hydrogens (tertiary/aromatic N) is 2. The summed E-state index contributed by atoms with van der Waals surface area (Å²) in [6.45, 7) is 6.30. The number of rotatable bonds is 4. The van der Waals surface area contributed by atoms with Crippen LogP contribution in [0.25, 0.3) is 0 Å². The van der Waals surface area contributed by atoms with Crippen molar-refractivity contribution in [1.29, 1.82) is 0 Å². The van der Waals surface area contributed by atoms with Gasteiger partial charge in [0.05, 0.1) is 16.6 Å². The molecule has 1 aromatic heterocycles. The van der Waals surface area contributed by atoms with Crippen molar-refractivity contribution in [3.63, 3.8) is 0 Å². The fourth-order valence-corrected chi connectivity index (χ4v) is 4.98. The van der Waals surface area contributed by atoms with E-state index in [-0.39, 0.29) is 6.04 Å². The second kappa shape index (κ2) is 6.09. The quantitative estimate of drug-likeness (QED) is 0.860. The molecule has 1 atom stereocenters. The molecule has 1 fully saturated rings. The fourth-order valence-electron chi connectivity index (χ4n) is 3.31. The van der Waals surface area contributed by atoms with Gasteiger partial charge in [-0.05, 0) is 50.8 Å². The molecule has 3 rings (SSSR count). The van der Waals surface area contributed by atoms with Crippen molar-refractivity contribution in [1.82, 2.24) is 9.46 Å². The highest BCUT2D eigenvalue weighted by molar-refractivity contribution is 7.89. The zero-order valence-electron chi connectivity index (χ0n) is 13.7. The van der Waals surface area contributed by atoms with E-state index in [4.69, 9.17) is 4.52 Å². The van der Waals surface area contributed by atoms with Gasteiger partial charge in [-0.3, -0.25) is 0 Å². The van der Waals surface area contributed by atoms with Gasteiger partial charge in [0.2, 0.25) is 10.0 Å². The Morgan fingerprint density at radius 3 is 2.52 bits per heavy atom. The maximum absolute atomic E-state index is 13.0. The molecular formula is C17H22N2O3S. The molecule has 23 heavy (non-hydrogen) atoms. The molecule has 6 heteroatoms. The lowest BCUT2D eigenvalue weighted by Crippen LogP contribution is -2.31. The molecule has 1 unspecified atom stereocenters. The summed E-state index contributed by atoms with van der Waals surface area (Å²) in [5.74, 6) is 0.705. The maximum Gasteiger partial charge on any atom is 0.243 e. The highest BCUT2D eigenvalue weighted by atomic mass is 32.2. The largest absolute Gasteiger partial charge is 0.361 e. The smallest absolute Gasteiger partial charge is 0.243 e. The molecule has 1 aliphatic heterocycles. The van der Waals surface area contributed by atoms with Gasteiger partial charge in [-0.25, -0.2) is 8.42 Å². The highest BCUT2D eigenvalue weighted by Gasteiger charge is 2.38. The first-order valence-electron chi connectivity index (χ1n) is 7.98. The van der Waals surface area contributed by atoms with Crippen molar-refractivity contribution >= 4 is 10.0 Å². The first-order valence-corrected chi connectivity index (χ1v) is 9.42. The van der Waals surface area contributed by atoms with Crippen LogP contribution in [0.2, 0.25) is 0 Å². The van der Waals surface area contributed by atoms with Crippen LogP contribution in [0.3, 0.4) is 0 Å². The van der Waals surface area contributed by atoms with Crippen molar-refractivity contribution in [3.8, 4) is 0 Å². The highest BCUT2D eigenvalue weighted by Crippen LogP contribution is 2.39. The summed E-state index contributed by atoms with van der Waals surface area (Å²) >= 11 is 0. The van der Waals surface area contributed by atoms with Crippen LogP contribution in [0.4, 0.5) is 0 Å². The van der Waals surface area contributed by atoms with Crippen molar-refractivity contribution < 1.29 is 12.9 Å². The third-order valence-corrected chi connectivity index (χ3v) is 6.49. The molecule has 5 nitrogen and oxygen atoms in total. The van der Waals surface area contributed by atoms with Crippen molar-refractivity contribution in [2.45, 2.75) is 51.0 Å². The minimum Gasteiger partial charge on any atom is -0.361 e. The van der Waals surface area contributed by atoms with Crippen LogP contribution in [0.1, 0.15) is 48.4 Å². The molecule has 2 aromatic rings. The van der Waals surface area contributed by atoms with E-state index >= 15 is 0 Å². The summed E-state index contributed by atoms with van der Waals surface area (Å²) in [5.41, 5.74) is 2.82. The number of sulfonamides is 1. The third kappa shape index (κ3) is 2.81. The van der Waals surface area contributed by atoms with Gasteiger partial charge >= 0.3 is 0 Å². The van der Waals surface area contributed by atoms with Gasteiger partial charge in [0.15, 0.2) is 0 Å². The minimum absolute atomic E-state index is 0.183. The molecule has 2 heterocycles. The van der Waals surface area contributed by atoms with Crippen LogP contribution < -0.4 is 0 Å². The standard InChI is InChI=1S/C17H22N2O3S/c1-4-14-7-9-15(10-8-14)23(20,21)19-11-5-6-16(19)17-12(2)18-22-13(17)3/h7-10,16H,4-6,11H2,1-3H3. The van der Waals surface area contributed by atoms with Gasteiger partial charge in [0, 0.05) is 12.1 Å². The molecule has 0 amide bonds. The maximum atomic E-state index is 13.0. The molecule has 1 aliphatic rings. The van der Waals surface area contributed by atoms with E-state index in [0.717, 1.165) is 36.1 Å². The second-order valence-electron chi connectivity index (χ2n) is 6.01.